The van der Waals surface area contributed by atoms with Crippen molar-refractivity contribution in [3.8, 4) is 0 Å². The molecule has 0 radical (unpaired) electrons. The molecule has 1 aliphatic heterocycles. The maximum Gasteiger partial charge on any atom is 0.223 e. The second kappa shape index (κ2) is 6.91. The smallest absolute Gasteiger partial charge is 0.223 e. The van der Waals surface area contributed by atoms with E-state index < -0.39 is 0 Å². The standard InChI is InChI=1S/C14H25N3O.ClH/c18-14(13-11-3-1-4-12(11)13)16-5-2-8-17-9-6-15-7-10-17;/h11-13,15H,1-10H2,(H,16,18);1H. The van der Waals surface area contributed by atoms with Crippen LogP contribution in [0.3, 0.4) is 0 Å². The van der Waals surface area contributed by atoms with E-state index in [0.717, 1.165) is 57.5 Å². The summed E-state index contributed by atoms with van der Waals surface area (Å²) in [4.78, 5) is 14.4. The molecule has 1 saturated heterocycles. The third-order valence-electron chi connectivity index (χ3n) is 4.87. The number of rotatable bonds is 5. The Hall–Kier alpha value is -0.320. The maximum absolute atomic E-state index is 11.9. The van der Waals surface area contributed by atoms with Gasteiger partial charge in [-0.15, -0.1) is 12.4 Å². The molecule has 3 rings (SSSR count). The van der Waals surface area contributed by atoms with Crippen molar-refractivity contribution in [2.75, 3.05) is 39.3 Å². The highest BCUT2D eigenvalue weighted by Crippen LogP contribution is 2.57. The first-order valence-electron chi connectivity index (χ1n) is 7.57. The van der Waals surface area contributed by atoms with Crippen molar-refractivity contribution >= 4 is 18.3 Å². The lowest BCUT2D eigenvalue weighted by Crippen LogP contribution is -2.44. The summed E-state index contributed by atoms with van der Waals surface area (Å²) in [6.07, 6.45) is 5.03. The van der Waals surface area contributed by atoms with Gasteiger partial charge in [-0.2, -0.15) is 0 Å². The van der Waals surface area contributed by atoms with Crippen LogP contribution in [0.4, 0.5) is 0 Å². The fourth-order valence-electron chi connectivity index (χ4n) is 3.78. The second-order valence-corrected chi connectivity index (χ2v) is 6.02. The Morgan fingerprint density at radius 3 is 2.58 bits per heavy atom. The molecule has 0 bridgehead atoms. The van der Waals surface area contributed by atoms with E-state index in [0.29, 0.717) is 11.8 Å². The molecule has 0 aromatic heterocycles. The number of amides is 1. The predicted octanol–water partition coefficient (Wildman–Crippen LogP) is 0.866. The van der Waals surface area contributed by atoms with Gasteiger partial charge in [0.15, 0.2) is 0 Å². The van der Waals surface area contributed by atoms with E-state index in [-0.39, 0.29) is 12.4 Å². The van der Waals surface area contributed by atoms with E-state index in [4.69, 9.17) is 0 Å². The second-order valence-electron chi connectivity index (χ2n) is 6.02. The molecule has 2 saturated carbocycles. The molecule has 1 heterocycles. The van der Waals surface area contributed by atoms with E-state index in [1.165, 1.54) is 19.3 Å². The molecule has 1 amide bonds. The summed E-state index contributed by atoms with van der Waals surface area (Å²) < 4.78 is 0. The average Bonchev–Trinajstić information content (AvgIpc) is 2.89. The molecule has 0 aromatic rings. The predicted molar refractivity (Wildman–Crippen MR) is 78.5 cm³/mol. The van der Waals surface area contributed by atoms with Crippen LogP contribution in [0.15, 0.2) is 0 Å². The molecule has 2 N–H and O–H groups in total. The van der Waals surface area contributed by atoms with Crippen LogP contribution in [0.2, 0.25) is 0 Å². The summed E-state index contributed by atoms with van der Waals surface area (Å²) in [7, 11) is 0. The molecule has 110 valence electrons. The van der Waals surface area contributed by atoms with Gasteiger partial charge in [-0.25, -0.2) is 0 Å². The van der Waals surface area contributed by atoms with Gasteiger partial charge in [0.1, 0.15) is 0 Å². The molecule has 3 fully saturated rings. The van der Waals surface area contributed by atoms with Gasteiger partial charge < -0.3 is 15.5 Å². The number of nitrogens with one attached hydrogen (secondary N) is 2. The first-order valence-corrected chi connectivity index (χ1v) is 7.57. The van der Waals surface area contributed by atoms with E-state index in [1.807, 2.05) is 0 Å². The molecule has 5 heteroatoms. The first kappa shape index (κ1) is 15.1. The molecule has 4 nitrogen and oxygen atoms in total. The summed E-state index contributed by atoms with van der Waals surface area (Å²) in [5.74, 6) is 2.22. The van der Waals surface area contributed by atoms with Crippen LogP contribution >= 0.6 is 12.4 Å². The van der Waals surface area contributed by atoms with Crippen molar-refractivity contribution in [1.82, 2.24) is 15.5 Å². The van der Waals surface area contributed by atoms with E-state index in [2.05, 4.69) is 15.5 Å². The number of nitrogens with zero attached hydrogens (tertiary/aromatic N) is 1. The molecule has 0 spiro atoms. The van der Waals surface area contributed by atoms with Crippen molar-refractivity contribution in [1.29, 1.82) is 0 Å². The highest BCUT2D eigenvalue weighted by molar-refractivity contribution is 5.85. The van der Waals surface area contributed by atoms with Crippen molar-refractivity contribution in [2.24, 2.45) is 17.8 Å². The van der Waals surface area contributed by atoms with Gasteiger partial charge >= 0.3 is 0 Å². The number of halogens is 1. The van der Waals surface area contributed by atoms with Crippen LogP contribution in [0.1, 0.15) is 25.7 Å². The summed E-state index contributed by atoms with van der Waals surface area (Å²) in [5.41, 5.74) is 0. The number of hydrogen-bond donors (Lipinski definition) is 2. The van der Waals surface area contributed by atoms with Gasteiger partial charge in [-0.1, -0.05) is 6.42 Å². The lowest BCUT2D eigenvalue weighted by Gasteiger charge is -2.27. The minimum atomic E-state index is 0. The SMILES string of the molecule is Cl.O=C(NCCCN1CCNCC1)C1C2CCCC21. The largest absolute Gasteiger partial charge is 0.356 e. The monoisotopic (exact) mass is 287 g/mol. The molecular weight excluding hydrogens is 262 g/mol. The van der Waals surface area contributed by atoms with Crippen molar-refractivity contribution in [3.63, 3.8) is 0 Å². The number of fused-ring (bicyclic) bond motifs is 1. The fourth-order valence-corrected chi connectivity index (χ4v) is 3.78. The van der Waals surface area contributed by atoms with E-state index in [9.17, 15) is 4.79 Å². The highest BCUT2D eigenvalue weighted by Gasteiger charge is 2.56. The molecule has 0 aromatic carbocycles. The average molecular weight is 288 g/mol. The minimum Gasteiger partial charge on any atom is -0.356 e. The lowest BCUT2D eigenvalue weighted by molar-refractivity contribution is -0.123. The summed E-state index contributed by atoms with van der Waals surface area (Å²) >= 11 is 0. The van der Waals surface area contributed by atoms with Crippen LogP contribution in [-0.4, -0.2) is 50.1 Å². The lowest BCUT2D eigenvalue weighted by atomic mass is 10.1. The molecule has 2 aliphatic carbocycles. The first-order chi connectivity index (χ1) is 8.86. The Labute approximate surface area is 122 Å². The third kappa shape index (κ3) is 3.61. The summed E-state index contributed by atoms with van der Waals surface area (Å²) in [6, 6.07) is 0. The van der Waals surface area contributed by atoms with Crippen molar-refractivity contribution < 1.29 is 4.79 Å². The Morgan fingerprint density at radius 2 is 1.89 bits per heavy atom. The Bertz CT molecular complexity index is 297. The molecular formula is C14H26ClN3O. The molecule has 3 aliphatic rings. The summed E-state index contributed by atoms with van der Waals surface area (Å²) in [5, 5.41) is 6.49. The van der Waals surface area contributed by atoms with Gasteiger partial charge in [0, 0.05) is 38.6 Å². The number of carbonyl (C=O) groups excluding carboxylic acids is 1. The van der Waals surface area contributed by atoms with Crippen LogP contribution in [-0.2, 0) is 4.79 Å². The Kier molecular flexibility index (Phi) is 5.48. The van der Waals surface area contributed by atoms with E-state index in [1.54, 1.807) is 0 Å². The zero-order chi connectivity index (χ0) is 12.4. The normalized spacial score (nSPS) is 33.4. The quantitative estimate of drug-likeness (QED) is 0.738. The molecule has 19 heavy (non-hydrogen) atoms. The third-order valence-corrected chi connectivity index (χ3v) is 4.87. The minimum absolute atomic E-state index is 0. The van der Waals surface area contributed by atoms with Gasteiger partial charge in [0.25, 0.3) is 0 Å². The number of carbonyl (C=O) groups is 1. The zero-order valence-corrected chi connectivity index (χ0v) is 12.4. The highest BCUT2D eigenvalue weighted by atomic mass is 35.5. The van der Waals surface area contributed by atoms with Gasteiger partial charge in [-0.05, 0) is 37.6 Å². The topological polar surface area (TPSA) is 44.4 Å². The van der Waals surface area contributed by atoms with Crippen LogP contribution < -0.4 is 10.6 Å². The van der Waals surface area contributed by atoms with Crippen LogP contribution in [0, 0.1) is 17.8 Å². The Balaban J connectivity index is 0.00000133. The maximum atomic E-state index is 11.9. The Morgan fingerprint density at radius 1 is 1.21 bits per heavy atom. The molecule has 2 atom stereocenters. The van der Waals surface area contributed by atoms with Crippen LogP contribution in [0.5, 0.6) is 0 Å². The number of hydrogen-bond acceptors (Lipinski definition) is 3. The fraction of sp³-hybridized carbons (Fsp3) is 0.929. The summed E-state index contributed by atoms with van der Waals surface area (Å²) in [6.45, 7) is 6.51. The molecule has 2 unspecified atom stereocenters. The van der Waals surface area contributed by atoms with Crippen molar-refractivity contribution in [3.05, 3.63) is 0 Å². The van der Waals surface area contributed by atoms with Gasteiger partial charge in [0.05, 0.1) is 0 Å². The number of piperazine rings is 1. The zero-order valence-electron chi connectivity index (χ0n) is 11.6. The van der Waals surface area contributed by atoms with Crippen LogP contribution in [0.25, 0.3) is 0 Å². The van der Waals surface area contributed by atoms with Gasteiger partial charge in [-0.3, -0.25) is 4.79 Å². The van der Waals surface area contributed by atoms with Gasteiger partial charge in [0.2, 0.25) is 5.91 Å². The van der Waals surface area contributed by atoms with E-state index >= 15 is 0 Å². The van der Waals surface area contributed by atoms with Crippen molar-refractivity contribution in [2.45, 2.75) is 25.7 Å².